The highest BCUT2D eigenvalue weighted by Crippen LogP contribution is 2.60. The molecule has 2 nitrogen and oxygen atoms in total. The number of epoxide rings is 1. The summed E-state index contributed by atoms with van der Waals surface area (Å²) in [7, 11) is 0. The first-order chi connectivity index (χ1) is 13.7. The summed E-state index contributed by atoms with van der Waals surface area (Å²) < 4.78 is 6.20. The van der Waals surface area contributed by atoms with Gasteiger partial charge in [-0.1, -0.05) is 58.6 Å². The Morgan fingerprint density at radius 1 is 1.10 bits per heavy atom. The van der Waals surface area contributed by atoms with Gasteiger partial charge >= 0.3 is 0 Å². The summed E-state index contributed by atoms with van der Waals surface area (Å²) in [6, 6.07) is 0. The average molecular weight is 401 g/mol. The minimum Gasteiger partial charge on any atom is -0.393 e. The van der Waals surface area contributed by atoms with E-state index in [2.05, 4.69) is 46.8 Å². The van der Waals surface area contributed by atoms with Crippen molar-refractivity contribution < 1.29 is 9.84 Å². The van der Waals surface area contributed by atoms with Gasteiger partial charge in [0.2, 0.25) is 0 Å². The molecule has 6 atom stereocenters. The fraction of sp³-hybridized carbons (Fsp3) is 0.852. The van der Waals surface area contributed by atoms with Crippen LogP contribution in [0.3, 0.4) is 0 Å². The fourth-order valence-electron chi connectivity index (χ4n) is 7.24. The molecule has 2 heteroatoms. The number of hydrogen-bond acceptors (Lipinski definition) is 2. The molecule has 3 aliphatic carbocycles. The van der Waals surface area contributed by atoms with E-state index in [0.29, 0.717) is 5.41 Å². The van der Waals surface area contributed by atoms with Crippen molar-refractivity contribution in [3.05, 3.63) is 23.3 Å². The van der Waals surface area contributed by atoms with E-state index in [1.54, 1.807) is 11.1 Å². The Labute approximate surface area is 179 Å². The minimum atomic E-state index is -0.202. The van der Waals surface area contributed by atoms with E-state index in [1.165, 1.54) is 51.4 Å². The largest absolute Gasteiger partial charge is 0.393 e. The van der Waals surface area contributed by atoms with Crippen LogP contribution in [0, 0.1) is 23.2 Å². The number of ether oxygens (including phenoxy) is 1. The van der Waals surface area contributed by atoms with E-state index in [9.17, 15) is 5.11 Å². The first-order valence-electron chi connectivity index (χ1n) is 12.5. The van der Waals surface area contributed by atoms with Crippen LogP contribution in [0.1, 0.15) is 105 Å². The van der Waals surface area contributed by atoms with Gasteiger partial charge in [0.25, 0.3) is 0 Å². The SMILES string of the molecule is CC(C)CCC[C@@H](C)[C@H]1CCC2=C(/C=C/[C@]34C[C@@H](O)CC[C@]3(C)O4)CCC[C@@]21C. The van der Waals surface area contributed by atoms with Crippen LogP contribution in [-0.4, -0.2) is 22.4 Å². The lowest BCUT2D eigenvalue weighted by atomic mass is 9.64. The molecule has 0 aromatic carbocycles. The number of aliphatic hydroxyl groups excluding tert-OH is 1. The first-order valence-corrected chi connectivity index (χ1v) is 12.5. The first kappa shape index (κ1) is 21.6. The summed E-state index contributed by atoms with van der Waals surface area (Å²) in [5, 5.41) is 10.2. The van der Waals surface area contributed by atoms with E-state index in [4.69, 9.17) is 4.74 Å². The molecule has 1 aliphatic heterocycles. The van der Waals surface area contributed by atoms with E-state index in [0.717, 1.165) is 37.0 Å². The third-order valence-electron chi connectivity index (χ3n) is 9.18. The van der Waals surface area contributed by atoms with Crippen molar-refractivity contribution in [3.8, 4) is 0 Å². The van der Waals surface area contributed by atoms with Crippen LogP contribution < -0.4 is 0 Å². The summed E-state index contributed by atoms with van der Waals surface area (Å²) in [6.45, 7) is 12.0. The molecule has 0 aromatic rings. The minimum absolute atomic E-state index is 0.0327. The highest BCUT2D eigenvalue weighted by Gasteiger charge is 2.67. The summed E-state index contributed by atoms with van der Waals surface area (Å²) in [4.78, 5) is 0. The number of rotatable bonds is 7. The predicted molar refractivity (Wildman–Crippen MR) is 121 cm³/mol. The van der Waals surface area contributed by atoms with Gasteiger partial charge in [0.15, 0.2) is 0 Å². The van der Waals surface area contributed by atoms with Crippen LogP contribution in [0.5, 0.6) is 0 Å². The molecule has 1 saturated heterocycles. The third kappa shape index (κ3) is 3.89. The summed E-state index contributed by atoms with van der Waals surface area (Å²) >= 11 is 0. The maximum atomic E-state index is 10.2. The summed E-state index contributed by atoms with van der Waals surface area (Å²) in [5.41, 5.74) is 3.54. The van der Waals surface area contributed by atoms with Gasteiger partial charge in [0.05, 0.1) is 11.7 Å². The molecular formula is C27H44O2. The van der Waals surface area contributed by atoms with E-state index >= 15 is 0 Å². The molecule has 0 bridgehead atoms. The maximum Gasteiger partial charge on any atom is 0.118 e. The topological polar surface area (TPSA) is 32.8 Å². The molecule has 0 aromatic heterocycles. The van der Waals surface area contributed by atoms with Crippen LogP contribution >= 0.6 is 0 Å². The molecule has 0 unspecified atom stereocenters. The Balaban J connectivity index is 1.49. The molecule has 4 aliphatic rings. The highest BCUT2D eigenvalue weighted by atomic mass is 16.6. The number of allylic oxidation sites excluding steroid dienone is 3. The van der Waals surface area contributed by atoms with Crippen molar-refractivity contribution in [1.82, 2.24) is 0 Å². The van der Waals surface area contributed by atoms with Crippen LogP contribution in [0.25, 0.3) is 0 Å². The monoisotopic (exact) mass is 400 g/mol. The zero-order valence-corrected chi connectivity index (χ0v) is 19.6. The highest BCUT2D eigenvalue weighted by molar-refractivity contribution is 5.39. The molecule has 1 heterocycles. The lowest BCUT2D eigenvalue weighted by molar-refractivity contribution is 0.119. The van der Waals surface area contributed by atoms with Crippen LogP contribution in [0.4, 0.5) is 0 Å². The molecule has 0 amide bonds. The predicted octanol–water partition coefficient (Wildman–Crippen LogP) is 6.97. The van der Waals surface area contributed by atoms with Crippen molar-refractivity contribution in [2.75, 3.05) is 0 Å². The standard InChI is InChI=1S/C27H44O2/c1-19(2)8-6-9-20(3)23-11-12-24-21(10-7-15-25(23,24)4)13-17-27-18-22(28)14-16-26(27,5)29-27/h13,17,19-20,22-23,28H,6-12,14-16,18H2,1-5H3/b17-13+/t20-,22+,23-,25-,26+,27+/m1/s1. The van der Waals surface area contributed by atoms with Gasteiger partial charge in [-0.3, -0.25) is 0 Å². The molecule has 1 N–H and O–H groups in total. The van der Waals surface area contributed by atoms with Crippen molar-refractivity contribution in [2.24, 2.45) is 23.2 Å². The Bertz CT molecular complexity index is 676. The molecule has 4 rings (SSSR count). The van der Waals surface area contributed by atoms with Gasteiger partial charge in [0, 0.05) is 6.42 Å². The lowest BCUT2D eigenvalue weighted by Crippen LogP contribution is -2.33. The number of aliphatic hydroxyl groups is 1. The lowest BCUT2D eigenvalue weighted by Gasteiger charge is -2.40. The molecule has 2 saturated carbocycles. The maximum absolute atomic E-state index is 10.2. The van der Waals surface area contributed by atoms with Gasteiger partial charge in [-0.25, -0.2) is 0 Å². The van der Waals surface area contributed by atoms with E-state index in [-0.39, 0.29) is 17.3 Å². The Morgan fingerprint density at radius 3 is 2.66 bits per heavy atom. The Morgan fingerprint density at radius 2 is 1.90 bits per heavy atom. The van der Waals surface area contributed by atoms with Crippen LogP contribution in [-0.2, 0) is 4.74 Å². The molecule has 0 spiro atoms. The Hall–Kier alpha value is -0.600. The quantitative estimate of drug-likeness (QED) is 0.468. The van der Waals surface area contributed by atoms with E-state index in [1.807, 2.05) is 0 Å². The molecule has 164 valence electrons. The summed E-state index contributed by atoms with van der Waals surface area (Å²) in [6.07, 6.45) is 17.9. The molecule has 0 radical (unpaired) electrons. The second-order valence-electron chi connectivity index (χ2n) is 11.7. The number of hydrogen-bond donors (Lipinski definition) is 1. The van der Waals surface area contributed by atoms with Crippen molar-refractivity contribution in [3.63, 3.8) is 0 Å². The van der Waals surface area contributed by atoms with Gasteiger partial charge < -0.3 is 9.84 Å². The van der Waals surface area contributed by atoms with Crippen LogP contribution in [0.15, 0.2) is 23.3 Å². The van der Waals surface area contributed by atoms with E-state index < -0.39 is 0 Å². The zero-order chi connectivity index (χ0) is 20.9. The third-order valence-corrected chi connectivity index (χ3v) is 9.18. The number of fused-ring (bicyclic) bond motifs is 2. The normalized spacial score (nSPS) is 43.0. The summed E-state index contributed by atoms with van der Waals surface area (Å²) in [5.74, 6) is 2.52. The molecular weight excluding hydrogens is 356 g/mol. The van der Waals surface area contributed by atoms with Crippen LogP contribution in [0.2, 0.25) is 0 Å². The zero-order valence-electron chi connectivity index (χ0n) is 19.6. The Kier molecular flexibility index (Phi) is 5.84. The van der Waals surface area contributed by atoms with Crippen molar-refractivity contribution in [2.45, 2.75) is 123 Å². The average Bonchev–Trinajstić information content (AvgIpc) is 3.09. The smallest absolute Gasteiger partial charge is 0.118 e. The molecule has 29 heavy (non-hydrogen) atoms. The van der Waals surface area contributed by atoms with Crippen molar-refractivity contribution in [1.29, 1.82) is 0 Å². The van der Waals surface area contributed by atoms with Gasteiger partial charge in [-0.05, 0) is 86.7 Å². The second kappa shape index (κ2) is 7.83. The second-order valence-corrected chi connectivity index (χ2v) is 11.7. The van der Waals surface area contributed by atoms with Crippen molar-refractivity contribution >= 4 is 0 Å². The van der Waals surface area contributed by atoms with Gasteiger partial charge in [-0.2, -0.15) is 0 Å². The van der Waals surface area contributed by atoms with Gasteiger partial charge in [0.1, 0.15) is 5.60 Å². The van der Waals surface area contributed by atoms with Gasteiger partial charge in [-0.15, -0.1) is 0 Å². The molecule has 3 fully saturated rings. The fourth-order valence-corrected chi connectivity index (χ4v) is 7.24.